The number of aryl methyl sites for hydroxylation is 2. The molecule has 0 saturated heterocycles. The highest BCUT2D eigenvalue weighted by molar-refractivity contribution is 7.92. The molecular formula is C16H19Cl2N3O4S. The van der Waals surface area contributed by atoms with Crippen molar-refractivity contribution >= 4 is 44.8 Å². The Morgan fingerprint density at radius 3 is 2.38 bits per heavy atom. The lowest BCUT2D eigenvalue weighted by Crippen LogP contribution is -2.44. The van der Waals surface area contributed by atoms with Gasteiger partial charge in [0.1, 0.15) is 11.4 Å². The fourth-order valence-electron chi connectivity index (χ4n) is 2.47. The van der Waals surface area contributed by atoms with Crippen molar-refractivity contribution in [1.29, 1.82) is 0 Å². The topological polar surface area (TPSA) is 81.5 Å². The SMILES string of the molecule is Cc1nn(C)c(C)c1N(C(=O)[C@@H](C)Oc1ccc(Cl)cc1Cl)S(C)(=O)=O. The maximum absolute atomic E-state index is 12.9. The molecule has 0 fully saturated rings. The van der Waals surface area contributed by atoms with E-state index < -0.39 is 22.0 Å². The molecule has 1 atom stereocenters. The number of rotatable bonds is 5. The van der Waals surface area contributed by atoms with E-state index >= 15 is 0 Å². The van der Waals surface area contributed by atoms with Crippen LogP contribution in [0.1, 0.15) is 18.3 Å². The Bertz CT molecular complexity index is 957. The standard InChI is InChI=1S/C16H19Cl2N3O4S/c1-9-15(10(2)20(4)19-9)21(26(5,23)24)16(22)11(3)25-14-7-6-12(17)8-13(14)18/h6-8,11H,1-5H3/t11-/m1/s1. The molecule has 0 bridgehead atoms. The highest BCUT2D eigenvalue weighted by Gasteiger charge is 2.34. The predicted octanol–water partition coefficient (Wildman–Crippen LogP) is 3.10. The van der Waals surface area contributed by atoms with Crippen LogP contribution in [0, 0.1) is 13.8 Å². The van der Waals surface area contributed by atoms with Crippen molar-refractivity contribution < 1.29 is 17.9 Å². The molecule has 0 aliphatic heterocycles. The number of nitrogens with zero attached hydrogens (tertiary/aromatic N) is 3. The molecule has 26 heavy (non-hydrogen) atoms. The molecule has 2 rings (SSSR count). The van der Waals surface area contributed by atoms with E-state index in [4.69, 9.17) is 27.9 Å². The minimum atomic E-state index is -3.91. The van der Waals surface area contributed by atoms with E-state index in [-0.39, 0.29) is 16.5 Å². The molecule has 2 aromatic rings. The second-order valence-corrected chi connectivity index (χ2v) is 8.52. The number of amides is 1. The van der Waals surface area contributed by atoms with Gasteiger partial charge in [0, 0.05) is 12.1 Å². The highest BCUT2D eigenvalue weighted by Crippen LogP contribution is 2.30. The maximum atomic E-state index is 12.9. The molecule has 142 valence electrons. The number of carbonyl (C=O) groups is 1. The molecule has 0 aliphatic rings. The second kappa shape index (κ2) is 7.46. The first kappa shape index (κ1) is 20.5. The molecule has 0 saturated carbocycles. The van der Waals surface area contributed by atoms with Crippen LogP contribution in [0.4, 0.5) is 5.69 Å². The number of aromatic nitrogens is 2. The van der Waals surface area contributed by atoms with Crippen LogP contribution >= 0.6 is 23.2 Å². The highest BCUT2D eigenvalue weighted by atomic mass is 35.5. The lowest BCUT2D eigenvalue weighted by atomic mass is 10.2. The van der Waals surface area contributed by atoms with Crippen molar-refractivity contribution in [1.82, 2.24) is 9.78 Å². The van der Waals surface area contributed by atoms with E-state index in [0.717, 1.165) is 10.6 Å². The molecule has 1 amide bonds. The third kappa shape index (κ3) is 4.13. The van der Waals surface area contributed by atoms with Gasteiger partial charge < -0.3 is 4.74 Å². The Balaban J connectivity index is 2.41. The molecule has 1 aromatic carbocycles. The summed E-state index contributed by atoms with van der Waals surface area (Å²) in [6, 6.07) is 4.54. The Morgan fingerprint density at radius 2 is 1.92 bits per heavy atom. The molecule has 10 heteroatoms. The number of sulfonamides is 1. The van der Waals surface area contributed by atoms with Gasteiger partial charge in [0.05, 0.1) is 22.7 Å². The second-order valence-electron chi connectivity index (χ2n) is 5.84. The Morgan fingerprint density at radius 1 is 1.31 bits per heavy atom. The van der Waals surface area contributed by atoms with E-state index in [0.29, 0.717) is 16.4 Å². The van der Waals surface area contributed by atoms with Gasteiger partial charge in [-0.05, 0) is 39.0 Å². The lowest BCUT2D eigenvalue weighted by molar-refractivity contribution is -0.123. The summed E-state index contributed by atoms with van der Waals surface area (Å²) in [5.74, 6) is -0.525. The third-order valence-electron chi connectivity index (χ3n) is 3.75. The molecule has 0 radical (unpaired) electrons. The smallest absolute Gasteiger partial charge is 0.281 e. The van der Waals surface area contributed by atoms with Crippen LogP contribution in [-0.4, -0.2) is 36.5 Å². The van der Waals surface area contributed by atoms with Gasteiger partial charge in [0.25, 0.3) is 5.91 Å². The van der Waals surface area contributed by atoms with Crippen molar-refractivity contribution in [3.8, 4) is 5.75 Å². The molecule has 1 aromatic heterocycles. The Kier molecular flexibility index (Phi) is 5.89. The number of hydrogen-bond acceptors (Lipinski definition) is 5. The first-order valence-corrected chi connectivity index (χ1v) is 10.2. The number of halogens is 2. The number of carbonyl (C=O) groups excluding carboxylic acids is 1. The minimum absolute atomic E-state index is 0.219. The fourth-order valence-corrected chi connectivity index (χ4v) is 4.00. The van der Waals surface area contributed by atoms with E-state index in [2.05, 4.69) is 5.10 Å². The summed E-state index contributed by atoms with van der Waals surface area (Å²) in [6.45, 7) is 4.77. The summed E-state index contributed by atoms with van der Waals surface area (Å²) < 4.78 is 32.5. The number of ether oxygens (including phenoxy) is 1. The number of anilines is 1. The Labute approximate surface area is 162 Å². The van der Waals surface area contributed by atoms with Gasteiger partial charge in [-0.3, -0.25) is 9.48 Å². The Hall–Kier alpha value is -1.77. The van der Waals surface area contributed by atoms with Crippen LogP contribution in [0.5, 0.6) is 5.75 Å². The molecule has 0 N–H and O–H groups in total. The van der Waals surface area contributed by atoms with Gasteiger partial charge in [0.15, 0.2) is 6.10 Å². The van der Waals surface area contributed by atoms with Crippen molar-refractivity contribution in [2.75, 3.05) is 10.6 Å². The average molecular weight is 420 g/mol. The molecule has 0 spiro atoms. The quantitative estimate of drug-likeness (QED) is 0.743. The number of hydrogen-bond donors (Lipinski definition) is 0. The van der Waals surface area contributed by atoms with Gasteiger partial charge in [0.2, 0.25) is 10.0 Å². The first-order chi connectivity index (χ1) is 11.9. The van der Waals surface area contributed by atoms with E-state index in [1.54, 1.807) is 27.0 Å². The van der Waals surface area contributed by atoms with Gasteiger partial charge >= 0.3 is 0 Å². The summed E-state index contributed by atoms with van der Waals surface area (Å²) in [4.78, 5) is 12.9. The van der Waals surface area contributed by atoms with Crippen LogP contribution in [-0.2, 0) is 21.9 Å². The van der Waals surface area contributed by atoms with Crippen LogP contribution in [0.25, 0.3) is 0 Å². The largest absolute Gasteiger partial charge is 0.479 e. The van der Waals surface area contributed by atoms with Gasteiger partial charge in [-0.15, -0.1) is 0 Å². The zero-order valence-corrected chi connectivity index (χ0v) is 17.3. The summed E-state index contributed by atoms with van der Waals surface area (Å²) in [5, 5.41) is 4.81. The van der Waals surface area contributed by atoms with Gasteiger partial charge in [-0.25, -0.2) is 12.7 Å². The monoisotopic (exact) mass is 419 g/mol. The van der Waals surface area contributed by atoms with Crippen molar-refractivity contribution in [3.05, 3.63) is 39.6 Å². The van der Waals surface area contributed by atoms with E-state index in [1.165, 1.54) is 23.7 Å². The molecule has 1 heterocycles. The van der Waals surface area contributed by atoms with Crippen LogP contribution in [0.2, 0.25) is 10.0 Å². The van der Waals surface area contributed by atoms with Crippen LogP contribution in [0.3, 0.4) is 0 Å². The fraction of sp³-hybridized carbons (Fsp3) is 0.375. The molecule has 0 unspecified atom stereocenters. The lowest BCUT2D eigenvalue weighted by Gasteiger charge is -2.24. The zero-order valence-electron chi connectivity index (χ0n) is 14.9. The summed E-state index contributed by atoms with van der Waals surface area (Å²) in [5.41, 5.74) is 1.18. The van der Waals surface area contributed by atoms with Crippen molar-refractivity contribution in [3.63, 3.8) is 0 Å². The average Bonchev–Trinajstić information content (AvgIpc) is 2.75. The number of benzene rings is 1. The minimum Gasteiger partial charge on any atom is -0.479 e. The summed E-state index contributed by atoms with van der Waals surface area (Å²) in [6.07, 6.45) is -0.152. The molecule has 7 nitrogen and oxygen atoms in total. The van der Waals surface area contributed by atoms with Crippen molar-refractivity contribution in [2.24, 2.45) is 7.05 Å². The summed E-state index contributed by atoms with van der Waals surface area (Å²) in [7, 11) is -2.24. The normalized spacial score (nSPS) is 12.7. The van der Waals surface area contributed by atoms with E-state index in [1.807, 2.05) is 0 Å². The molecule has 0 aliphatic carbocycles. The predicted molar refractivity (Wildman–Crippen MR) is 102 cm³/mol. The van der Waals surface area contributed by atoms with Crippen LogP contribution < -0.4 is 9.04 Å². The third-order valence-corrected chi connectivity index (χ3v) is 5.31. The van der Waals surface area contributed by atoms with Gasteiger partial charge in [-0.2, -0.15) is 5.10 Å². The van der Waals surface area contributed by atoms with Crippen LogP contribution in [0.15, 0.2) is 18.2 Å². The zero-order chi connectivity index (χ0) is 19.8. The maximum Gasteiger partial charge on any atom is 0.281 e. The first-order valence-electron chi connectivity index (χ1n) is 7.59. The van der Waals surface area contributed by atoms with Gasteiger partial charge in [-0.1, -0.05) is 23.2 Å². The molecular weight excluding hydrogens is 401 g/mol. The van der Waals surface area contributed by atoms with Crippen molar-refractivity contribution in [2.45, 2.75) is 26.9 Å². The van der Waals surface area contributed by atoms with E-state index in [9.17, 15) is 13.2 Å². The summed E-state index contributed by atoms with van der Waals surface area (Å²) >= 11 is 11.9.